The van der Waals surface area contributed by atoms with E-state index in [0.717, 1.165) is 36.1 Å². The number of fused-ring (bicyclic) bond motifs is 1. The molecule has 4 rings (SSSR count). The average molecular weight is 425 g/mol. The van der Waals surface area contributed by atoms with Crippen LogP contribution < -0.4 is 10.6 Å². The number of likely N-dealkylation sites (tertiary alicyclic amines) is 1. The van der Waals surface area contributed by atoms with E-state index in [1.165, 1.54) is 19.3 Å². The van der Waals surface area contributed by atoms with E-state index >= 15 is 0 Å². The maximum atomic E-state index is 12.5. The lowest BCUT2D eigenvalue weighted by atomic mass is 10.1. The molecule has 0 radical (unpaired) electrons. The Kier molecular flexibility index (Phi) is 6.06. The maximum absolute atomic E-state index is 12.5. The molecule has 0 spiro atoms. The summed E-state index contributed by atoms with van der Waals surface area (Å²) in [6, 6.07) is 12.8. The van der Waals surface area contributed by atoms with Crippen LogP contribution in [0.5, 0.6) is 0 Å². The zero-order valence-corrected chi connectivity index (χ0v) is 17.7. The van der Waals surface area contributed by atoms with Crippen LogP contribution in [-0.2, 0) is 23.2 Å². The second-order valence-electron chi connectivity index (χ2n) is 7.72. The summed E-state index contributed by atoms with van der Waals surface area (Å²) < 4.78 is 1.96. The first kappa shape index (κ1) is 20.4. The normalized spacial score (nSPS) is 14.6. The van der Waals surface area contributed by atoms with Gasteiger partial charge in [-0.05, 0) is 67.9 Å². The minimum atomic E-state index is -0.714. The molecule has 0 atom stereocenters. The summed E-state index contributed by atoms with van der Waals surface area (Å²) in [6.45, 7) is 2.85. The Hall–Kier alpha value is -2.83. The minimum absolute atomic E-state index is 0.560. The first-order valence-electron chi connectivity index (χ1n) is 10.2. The van der Waals surface area contributed by atoms with Gasteiger partial charge >= 0.3 is 11.8 Å². The van der Waals surface area contributed by atoms with Crippen molar-refractivity contribution in [3.05, 3.63) is 59.2 Å². The van der Waals surface area contributed by atoms with E-state index in [9.17, 15) is 9.59 Å². The Bertz CT molecular complexity index is 1090. The van der Waals surface area contributed by atoms with E-state index in [0.29, 0.717) is 16.4 Å². The summed E-state index contributed by atoms with van der Waals surface area (Å²) in [5, 5.41) is 6.95. The summed E-state index contributed by atoms with van der Waals surface area (Å²) >= 11 is 6.36. The SMILES string of the molecule is Cn1ccc2c(NC(=O)C(=O)Nc3ccc(Cl)c(CN4CCCCC4)c3)cccc21. The number of aromatic nitrogens is 1. The van der Waals surface area contributed by atoms with Crippen LogP contribution in [0.4, 0.5) is 11.4 Å². The number of nitrogens with one attached hydrogen (secondary N) is 2. The quantitative estimate of drug-likeness (QED) is 0.610. The van der Waals surface area contributed by atoms with Crippen LogP contribution in [0.3, 0.4) is 0 Å². The molecule has 156 valence electrons. The van der Waals surface area contributed by atoms with Gasteiger partial charge in [0, 0.05) is 41.4 Å². The fraction of sp³-hybridized carbons (Fsp3) is 0.304. The number of hydrogen-bond donors (Lipinski definition) is 2. The van der Waals surface area contributed by atoms with Crippen molar-refractivity contribution in [2.75, 3.05) is 23.7 Å². The molecule has 2 aromatic carbocycles. The van der Waals surface area contributed by atoms with E-state index < -0.39 is 11.8 Å². The van der Waals surface area contributed by atoms with Crippen molar-refractivity contribution in [2.45, 2.75) is 25.8 Å². The molecule has 1 saturated heterocycles. The zero-order chi connectivity index (χ0) is 21.1. The highest BCUT2D eigenvalue weighted by atomic mass is 35.5. The number of anilines is 2. The van der Waals surface area contributed by atoms with Gasteiger partial charge < -0.3 is 15.2 Å². The number of carbonyl (C=O) groups is 2. The third-order valence-electron chi connectivity index (χ3n) is 5.53. The lowest BCUT2D eigenvalue weighted by Crippen LogP contribution is -2.30. The molecule has 2 heterocycles. The molecule has 1 aliphatic rings. The fourth-order valence-corrected chi connectivity index (χ4v) is 4.09. The van der Waals surface area contributed by atoms with Crippen LogP contribution in [0.15, 0.2) is 48.7 Å². The van der Waals surface area contributed by atoms with Gasteiger partial charge in [-0.15, -0.1) is 0 Å². The van der Waals surface area contributed by atoms with Crippen molar-refractivity contribution in [2.24, 2.45) is 7.05 Å². The van der Waals surface area contributed by atoms with Gasteiger partial charge in [-0.25, -0.2) is 0 Å². The summed E-state index contributed by atoms with van der Waals surface area (Å²) in [5.74, 6) is -1.42. The van der Waals surface area contributed by atoms with Crippen molar-refractivity contribution >= 4 is 45.7 Å². The third kappa shape index (κ3) is 4.50. The molecule has 7 heteroatoms. The van der Waals surface area contributed by atoms with Gasteiger partial charge in [0.25, 0.3) is 0 Å². The molecular weight excluding hydrogens is 400 g/mol. The molecule has 0 unspecified atom stereocenters. The van der Waals surface area contributed by atoms with Crippen LogP contribution in [0.2, 0.25) is 5.02 Å². The van der Waals surface area contributed by atoms with Crippen LogP contribution >= 0.6 is 11.6 Å². The molecule has 30 heavy (non-hydrogen) atoms. The molecule has 1 fully saturated rings. The van der Waals surface area contributed by atoms with Crippen molar-refractivity contribution in [1.82, 2.24) is 9.47 Å². The second-order valence-corrected chi connectivity index (χ2v) is 8.12. The lowest BCUT2D eigenvalue weighted by Gasteiger charge is -2.26. The average Bonchev–Trinajstić information content (AvgIpc) is 3.13. The van der Waals surface area contributed by atoms with E-state index in [1.807, 2.05) is 42.1 Å². The molecule has 1 aliphatic heterocycles. The number of hydrogen-bond acceptors (Lipinski definition) is 3. The van der Waals surface area contributed by atoms with Gasteiger partial charge in [0.1, 0.15) is 0 Å². The number of aryl methyl sites for hydroxylation is 1. The van der Waals surface area contributed by atoms with Crippen LogP contribution in [-0.4, -0.2) is 34.4 Å². The van der Waals surface area contributed by atoms with Crippen molar-refractivity contribution in [3.63, 3.8) is 0 Å². The first-order chi connectivity index (χ1) is 14.5. The lowest BCUT2D eigenvalue weighted by molar-refractivity contribution is -0.132. The molecule has 2 amide bonds. The van der Waals surface area contributed by atoms with E-state index in [2.05, 4.69) is 15.5 Å². The highest BCUT2D eigenvalue weighted by Gasteiger charge is 2.17. The van der Waals surface area contributed by atoms with Gasteiger partial charge in [-0.1, -0.05) is 24.1 Å². The summed E-state index contributed by atoms with van der Waals surface area (Å²) in [6.07, 6.45) is 5.58. The van der Waals surface area contributed by atoms with Crippen LogP contribution in [0.25, 0.3) is 10.9 Å². The summed E-state index contributed by atoms with van der Waals surface area (Å²) in [5.41, 5.74) is 3.10. The Morgan fingerprint density at radius 2 is 1.77 bits per heavy atom. The predicted molar refractivity (Wildman–Crippen MR) is 121 cm³/mol. The van der Waals surface area contributed by atoms with Crippen molar-refractivity contribution in [1.29, 1.82) is 0 Å². The highest BCUT2D eigenvalue weighted by Crippen LogP contribution is 2.25. The predicted octanol–water partition coefficient (Wildman–Crippen LogP) is 4.39. The van der Waals surface area contributed by atoms with Gasteiger partial charge in [0.15, 0.2) is 0 Å². The standard InChI is InChI=1S/C23H25ClN4O2/c1-27-13-10-18-20(6-5-7-21(18)27)26-23(30)22(29)25-17-8-9-19(24)16(14-17)15-28-11-3-2-4-12-28/h5-10,13-14H,2-4,11-12,15H2,1H3,(H,25,29)(H,26,30). The van der Waals surface area contributed by atoms with Crippen LogP contribution in [0.1, 0.15) is 24.8 Å². The smallest absolute Gasteiger partial charge is 0.314 e. The summed E-state index contributed by atoms with van der Waals surface area (Å²) in [4.78, 5) is 27.3. The molecule has 0 aliphatic carbocycles. The minimum Gasteiger partial charge on any atom is -0.350 e. The highest BCUT2D eigenvalue weighted by molar-refractivity contribution is 6.44. The van der Waals surface area contributed by atoms with Gasteiger partial charge in [0.2, 0.25) is 0 Å². The second kappa shape index (κ2) is 8.90. The fourth-order valence-electron chi connectivity index (χ4n) is 3.91. The van der Waals surface area contributed by atoms with Gasteiger partial charge in [0.05, 0.1) is 5.69 Å². The van der Waals surface area contributed by atoms with E-state index in [1.54, 1.807) is 18.2 Å². The third-order valence-corrected chi connectivity index (χ3v) is 5.90. The summed E-state index contributed by atoms with van der Waals surface area (Å²) in [7, 11) is 1.93. The van der Waals surface area contributed by atoms with Gasteiger partial charge in [-0.3, -0.25) is 14.5 Å². The van der Waals surface area contributed by atoms with Crippen molar-refractivity contribution < 1.29 is 9.59 Å². The number of amides is 2. The molecule has 2 N–H and O–H groups in total. The topological polar surface area (TPSA) is 66.4 Å². The molecule has 3 aromatic rings. The van der Waals surface area contributed by atoms with E-state index in [-0.39, 0.29) is 0 Å². The maximum Gasteiger partial charge on any atom is 0.314 e. The Morgan fingerprint density at radius 3 is 2.57 bits per heavy atom. The zero-order valence-electron chi connectivity index (χ0n) is 17.0. The number of carbonyl (C=O) groups excluding carboxylic acids is 2. The number of nitrogens with zero attached hydrogens (tertiary/aromatic N) is 2. The Labute approximate surface area is 180 Å². The molecule has 6 nitrogen and oxygen atoms in total. The molecular formula is C23H25ClN4O2. The number of benzene rings is 2. The largest absolute Gasteiger partial charge is 0.350 e. The number of halogens is 1. The number of piperidine rings is 1. The van der Waals surface area contributed by atoms with E-state index in [4.69, 9.17) is 11.6 Å². The molecule has 0 bridgehead atoms. The molecule has 1 aromatic heterocycles. The molecule has 0 saturated carbocycles. The first-order valence-corrected chi connectivity index (χ1v) is 10.6. The monoisotopic (exact) mass is 424 g/mol. The number of rotatable bonds is 4. The Balaban J connectivity index is 1.43. The van der Waals surface area contributed by atoms with Gasteiger partial charge in [-0.2, -0.15) is 0 Å². The van der Waals surface area contributed by atoms with Crippen LogP contribution in [0, 0.1) is 0 Å². The Morgan fingerprint density at radius 1 is 1.00 bits per heavy atom. The van der Waals surface area contributed by atoms with Crippen molar-refractivity contribution in [3.8, 4) is 0 Å².